The molecule has 1 saturated carbocycles. The number of nitrogens with zero attached hydrogens (tertiary/aromatic N) is 1. The average molecular weight is 262 g/mol. The van der Waals surface area contributed by atoms with Crippen molar-refractivity contribution in [3.63, 3.8) is 0 Å². The molecule has 0 aromatic carbocycles. The molecular formula is C11H20BrNO. The molecule has 3 heteroatoms. The molecule has 0 aliphatic heterocycles. The number of alkyl halides is 1. The van der Waals surface area contributed by atoms with E-state index in [1.54, 1.807) is 0 Å². The van der Waals surface area contributed by atoms with Crippen molar-refractivity contribution in [2.75, 3.05) is 7.05 Å². The molecule has 0 N–H and O–H groups in total. The first-order chi connectivity index (χ1) is 6.54. The van der Waals surface area contributed by atoms with Gasteiger partial charge in [-0.1, -0.05) is 42.6 Å². The van der Waals surface area contributed by atoms with Gasteiger partial charge in [0.2, 0.25) is 5.91 Å². The number of carbonyl (C=O) groups is 1. The lowest BCUT2D eigenvalue weighted by atomic mass is 10.1. The van der Waals surface area contributed by atoms with Gasteiger partial charge in [0, 0.05) is 13.1 Å². The quantitative estimate of drug-likeness (QED) is 0.716. The molecular weight excluding hydrogens is 242 g/mol. The summed E-state index contributed by atoms with van der Waals surface area (Å²) in [5.74, 6) is 0.609. The molecule has 2 nitrogen and oxygen atoms in total. The van der Waals surface area contributed by atoms with Gasteiger partial charge in [0.25, 0.3) is 0 Å². The van der Waals surface area contributed by atoms with Crippen LogP contribution >= 0.6 is 15.9 Å². The van der Waals surface area contributed by atoms with Crippen LogP contribution < -0.4 is 0 Å². The molecule has 0 spiro atoms. The van der Waals surface area contributed by atoms with E-state index in [1.807, 2.05) is 11.9 Å². The zero-order chi connectivity index (χ0) is 10.7. The van der Waals surface area contributed by atoms with Gasteiger partial charge in [-0.05, 0) is 18.8 Å². The first-order valence-electron chi connectivity index (χ1n) is 5.44. The largest absolute Gasteiger partial charge is 0.342 e. The maximum Gasteiger partial charge on any atom is 0.236 e. The van der Waals surface area contributed by atoms with E-state index in [0.717, 1.165) is 0 Å². The van der Waals surface area contributed by atoms with E-state index in [4.69, 9.17) is 0 Å². The van der Waals surface area contributed by atoms with Gasteiger partial charge in [-0.15, -0.1) is 0 Å². The summed E-state index contributed by atoms with van der Waals surface area (Å²) in [6.45, 7) is 4.14. The van der Waals surface area contributed by atoms with Crippen LogP contribution in [0.15, 0.2) is 0 Å². The first-order valence-corrected chi connectivity index (χ1v) is 6.36. The number of hydrogen-bond donors (Lipinski definition) is 0. The molecule has 0 radical (unpaired) electrons. The van der Waals surface area contributed by atoms with E-state index in [-0.39, 0.29) is 10.7 Å². The topological polar surface area (TPSA) is 20.3 Å². The Kier molecular flexibility index (Phi) is 4.42. The summed E-state index contributed by atoms with van der Waals surface area (Å²) in [5.41, 5.74) is 0. The molecule has 0 aromatic rings. The predicted octanol–water partition coefficient (Wildman–Crippen LogP) is 2.81. The first kappa shape index (κ1) is 12.0. The van der Waals surface area contributed by atoms with Crippen LogP contribution in [0.25, 0.3) is 0 Å². The van der Waals surface area contributed by atoms with Crippen molar-refractivity contribution in [2.45, 2.75) is 50.4 Å². The SMILES string of the molecule is CC(C)C(Br)C(=O)N(C)C1CCCC1. The third-order valence-electron chi connectivity index (χ3n) is 3.04. The number of halogens is 1. The van der Waals surface area contributed by atoms with Crippen molar-refractivity contribution >= 4 is 21.8 Å². The van der Waals surface area contributed by atoms with E-state index in [1.165, 1.54) is 25.7 Å². The molecule has 1 unspecified atom stereocenters. The number of amides is 1. The second-order valence-corrected chi connectivity index (χ2v) is 5.52. The van der Waals surface area contributed by atoms with Crippen molar-refractivity contribution in [3.05, 3.63) is 0 Å². The van der Waals surface area contributed by atoms with E-state index in [2.05, 4.69) is 29.8 Å². The van der Waals surface area contributed by atoms with Crippen LogP contribution in [0.2, 0.25) is 0 Å². The molecule has 1 aliphatic rings. The van der Waals surface area contributed by atoms with Gasteiger partial charge in [-0.2, -0.15) is 0 Å². The van der Waals surface area contributed by atoms with E-state index in [0.29, 0.717) is 12.0 Å². The molecule has 1 fully saturated rings. The maximum atomic E-state index is 12.0. The zero-order valence-corrected chi connectivity index (χ0v) is 10.9. The van der Waals surface area contributed by atoms with Crippen LogP contribution in [0.4, 0.5) is 0 Å². The van der Waals surface area contributed by atoms with Crippen molar-refractivity contribution in [1.82, 2.24) is 4.90 Å². The van der Waals surface area contributed by atoms with Gasteiger partial charge >= 0.3 is 0 Å². The standard InChI is InChI=1S/C11H20BrNO/c1-8(2)10(12)11(14)13(3)9-6-4-5-7-9/h8-10H,4-7H2,1-3H3. The van der Waals surface area contributed by atoms with Crippen LogP contribution in [0, 0.1) is 5.92 Å². The Labute approximate surface area is 95.2 Å². The summed E-state index contributed by atoms with van der Waals surface area (Å²) in [4.78, 5) is 13.9. The summed E-state index contributed by atoms with van der Waals surface area (Å²) in [5, 5.41) is 0. The summed E-state index contributed by atoms with van der Waals surface area (Å²) in [7, 11) is 1.94. The van der Waals surface area contributed by atoms with Crippen molar-refractivity contribution in [1.29, 1.82) is 0 Å². The van der Waals surface area contributed by atoms with Gasteiger partial charge in [-0.3, -0.25) is 4.79 Å². The molecule has 1 atom stereocenters. The van der Waals surface area contributed by atoms with Crippen molar-refractivity contribution in [3.8, 4) is 0 Å². The Balaban J connectivity index is 2.50. The highest BCUT2D eigenvalue weighted by Gasteiger charge is 2.28. The third kappa shape index (κ3) is 2.72. The van der Waals surface area contributed by atoms with Crippen molar-refractivity contribution < 1.29 is 4.79 Å². The Morgan fingerprint density at radius 1 is 1.36 bits per heavy atom. The maximum absolute atomic E-state index is 12.0. The van der Waals surface area contributed by atoms with Crippen LogP contribution in [0.1, 0.15) is 39.5 Å². The fourth-order valence-corrected chi connectivity index (χ4v) is 2.27. The number of hydrogen-bond acceptors (Lipinski definition) is 1. The van der Waals surface area contributed by atoms with Crippen molar-refractivity contribution in [2.24, 2.45) is 5.92 Å². The lowest BCUT2D eigenvalue weighted by Crippen LogP contribution is -2.41. The summed E-state index contributed by atoms with van der Waals surface area (Å²) < 4.78 is 0. The summed E-state index contributed by atoms with van der Waals surface area (Å²) >= 11 is 3.46. The molecule has 1 amide bonds. The minimum atomic E-state index is -0.0203. The minimum Gasteiger partial charge on any atom is -0.342 e. The van der Waals surface area contributed by atoms with Gasteiger partial charge in [0.1, 0.15) is 0 Å². The summed E-state index contributed by atoms with van der Waals surface area (Å²) in [6.07, 6.45) is 4.91. The number of carbonyl (C=O) groups excluding carboxylic acids is 1. The third-order valence-corrected chi connectivity index (χ3v) is 4.49. The second-order valence-electron chi connectivity index (χ2n) is 4.53. The van der Waals surface area contributed by atoms with Gasteiger partial charge in [-0.25, -0.2) is 0 Å². The van der Waals surface area contributed by atoms with E-state index < -0.39 is 0 Å². The smallest absolute Gasteiger partial charge is 0.236 e. The Hall–Kier alpha value is -0.0500. The lowest BCUT2D eigenvalue weighted by molar-refractivity contribution is -0.131. The summed E-state index contributed by atoms with van der Waals surface area (Å²) in [6, 6.07) is 0.487. The monoisotopic (exact) mass is 261 g/mol. The van der Waals surface area contributed by atoms with E-state index >= 15 is 0 Å². The Bertz CT molecular complexity index is 199. The minimum absolute atomic E-state index is 0.0203. The molecule has 0 bridgehead atoms. The molecule has 1 aliphatic carbocycles. The van der Waals surface area contributed by atoms with Crippen LogP contribution in [0.3, 0.4) is 0 Å². The van der Waals surface area contributed by atoms with Crippen LogP contribution in [-0.2, 0) is 4.79 Å². The van der Waals surface area contributed by atoms with Crippen LogP contribution in [0.5, 0.6) is 0 Å². The van der Waals surface area contributed by atoms with Gasteiger partial charge in [0.05, 0.1) is 4.83 Å². The molecule has 14 heavy (non-hydrogen) atoms. The second kappa shape index (κ2) is 5.15. The highest BCUT2D eigenvalue weighted by Crippen LogP contribution is 2.25. The highest BCUT2D eigenvalue weighted by molar-refractivity contribution is 9.10. The average Bonchev–Trinajstić information content (AvgIpc) is 2.67. The molecule has 1 rings (SSSR count). The fraction of sp³-hybridized carbons (Fsp3) is 0.909. The Morgan fingerprint density at radius 3 is 2.29 bits per heavy atom. The molecule has 0 aromatic heterocycles. The predicted molar refractivity (Wildman–Crippen MR) is 62.6 cm³/mol. The molecule has 82 valence electrons. The molecule has 0 heterocycles. The normalized spacial score (nSPS) is 20.1. The number of rotatable bonds is 3. The molecule has 0 saturated heterocycles. The fourth-order valence-electron chi connectivity index (χ4n) is 1.95. The van der Waals surface area contributed by atoms with Gasteiger partial charge in [0.15, 0.2) is 0 Å². The van der Waals surface area contributed by atoms with Crippen LogP contribution in [-0.4, -0.2) is 28.7 Å². The lowest BCUT2D eigenvalue weighted by Gasteiger charge is -2.27. The highest BCUT2D eigenvalue weighted by atomic mass is 79.9. The van der Waals surface area contributed by atoms with E-state index in [9.17, 15) is 4.79 Å². The Morgan fingerprint density at radius 2 is 1.86 bits per heavy atom. The zero-order valence-electron chi connectivity index (χ0n) is 9.29. The van der Waals surface area contributed by atoms with Gasteiger partial charge < -0.3 is 4.90 Å².